The lowest BCUT2D eigenvalue weighted by Crippen LogP contribution is -2.27. The Morgan fingerprint density at radius 2 is 0.704 bits per heavy atom. The Morgan fingerprint density at radius 1 is 0.444 bits per heavy atom. The Labute approximate surface area is 310 Å². The highest BCUT2D eigenvalue weighted by Gasteiger charge is 2.21. The third-order valence-electron chi connectivity index (χ3n) is 8.21. The van der Waals surface area contributed by atoms with Crippen LogP contribution in [0.1, 0.15) is 102 Å². The van der Waals surface area contributed by atoms with Crippen molar-refractivity contribution in [3.05, 3.63) is 147 Å². The summed E-state index contributed by atoms with van der Waals surface area (Å²) in [5.41, 5.74) is 3.47. The van der Waals surface area contributed by atoms with Gasteiger partial charge >= 0.3 is 23.9 Å². The summed E-state index contributed by atoms with van der Waals surface area (Å²) in [4.78, 5) is 72.9. The Morgan fingerprint density at radius 3 is 0.944 bits per heavy atom. The van der Waals surface area contributed by atoms with E-state index in [0.717, 1.165) is 5.56 Å². The van der Waals surface area contributed by atoms with Crippen molar-refractivity contribution in [1.29, 1.82) is 0 Å². The number of nitrogens with zero attached hydrogens (tertiary/aromatic N) is 7. The molecule has 0 amide bonds. The summed E-state index contributed by atoms with van der Waals surface area (Å²) in [5.74, 6) is -4.66. The Hall–Kier alpha value is -6.45. The summed E-state index contributed by atoms with van der Waals surface area (Å²) >= 11 is 0. The molecule has 0 saturated heterocycles. The maximum atomic E-state index is 11.7. The van der Waals surface area contributed by atoms with Gasteiger partial charge in [-0.2, -0.15) is 0 Å². The fourth-order valence-electron chi connectivity index (χ4n) is 5.70. The molecule has 0 aliphatic rings. The highest BCUT2D eigenvalue weighted by atomic mass is 16.4. The van der Waals surface area contributed by atoms with Crippen LogP contribution in [-0.2, 0) is 44.7 Å². The Kier molecular flexibility index (Phi) is 12.1. The molecule has 0 saturated carbocycles. The molecule has 5 aromatic heterocycles. The highest BCUT2D eigenvalue weighted by Crippen LogP contribution is 2.26. The lowest BCUT2D eigenvalue weighted by molar-refractivity contribution is 0.0679. The van der Waals surface area contributed by atoms with Crippen LogP contribution < -0.4 is 0 Å². The third kappa shape index (κ3) is 10.8. The van der Waals surface area contributed by atoms with E-state index in [1.165, 1.54) is 24.3 Å². The van der Waals surface area contributed by atoms with Gasteiger partial charge in [0.15, 0.2) is 0 Å². The maximum absolute atomic E-state index is 11.7. The molecule has 4 N–H and O–H groups in total. The van der Waals surface area contributed by atoms with Crippen molar-refractivity contribution in [2.75, 3.05) is 0 Å². The second-order valence-electron chi connectivity index (χ2n) is 13.7. The highest BCUT2D eigenvalue weighted by molar-refractivity contribution is 5.86. The Bertz CT molecular complexity index is 1920. The lowest BCUT2D eigenvalue weighted by Gasteiger charge is -2.26. The molecule has 5 aromatic rings. The molecule has 0 aliphatic carbocycles. The van der Waals surface area contributed by atoms with Gasteiger partial charge in [-0.25, -0.2) is 39.1 Å². The van der Waals surface area contributed by atoms with Crippen LogP contribution in [-0.4, -0.2) is 79.0 Å². The van der Waals surface area contributed by atoms with E-state index in [9.17, 15) is 39.6 Å². The van der Waals surface area contributed by atoms with Crippen molar-refractivity contribution in [2.45, 2.75) is 65.5 Å². The largest absolute Gasteiger partial charge is 0.477 e. The molecule has 15 nitrogen and oxygen atoms in total. The van der Waals surface area contributed by atoms with Gasteiger partial charge in [0.1, 0.15) is 22.8 Å². The topological polar surface area (TPSA) is 220 Å². The van der Waals surface area contributed by atoms with Crippen LogP contribution in [0.4, 0.5) is 0 Å². The number of aromatic nitrogens is 5. The minimum atomic E-state index is -1.16. The number of hydrogen-bond donors (Lipinski definition) is 4. The van der Waals surface area contributed by atoms with Crippen LogP contribution in [0.3, 0.4) is 0 Å². The first-order valence-electron chi connectivity index (χ1n) is 16.8. The first kappa shape index (κ1) is 38.8. The predicted octanol–water partition coefficient (Wildman–Crippen LogP) is 5.16. The number of carbonyl (C=O) groups is 4. The number of hydrogen-bond acceptors (Lipinski definition) is 11. The van der Waals surface area contributed by atoms with Gasteiger partial charge in [-0.3, -0.25) is 14.8 Å². The molecular formula is C39H39N7O8. The zero-order valence-corrected chi connectivity index (χ0v) is 29.9. The number of pyridine rings is 5. The molecule has 5 rings (SSSR count). The van der Waals surface area contributed by atoms with E-state index < -0.39 is 23.9 Å². The first-order chi connectivity index (χ1) is 25.6. The van der Waals surface area contributed by atoms with E-state index in [2.05, 4.69) is 40.7 Å². The average Bonchev–Trinajstić information content (AvgIpc) is 3.11. The van der Waals surface area contributed by atoms with Gasteiger partial charge in [0.05, 0.1) is 34.2 Å². The molecule has 0 aliphatic heterocycles. The predicted molar refractivity (Wildman–Crippen MR) is 194 cm³/mol. The van der Waals surface area contributed by atoms with Crippen LogP contribution in [0.15, 0.2) is 84.9 Å². The maximum Gasteiger partial charge on any atom is 0.354 e. The summed E-state index contributed by atoms with van der Waals surface area (Å²) < 4.78 is 0. The summed E-state index contributed by atoms with van der Waals surface area (Å²) in [6, 6.07) is 22.9. The number of aromatic carboxylic acids is 4. The van der Waals surface area contributed by atoms with E-state index >= 15 is 0 Å². The smallest absolute Gasteiger partial charge is 0.354 e. The van der Waals surface area contributed by atoms with Crippen molar-refractivity contribution in [3.8, 4) is 0 Å². The van der Waals surface area contributed by atoms with Crippen LogP contribution >= 0.6 is 0 Å². The second-order valence-corrected chi connectivity index (χ2v) is 13.7. The monoisotopic (exact) mass is 733 g/mol. The second kappa shape index (κ2) is 16.9. The molecule has 54 heavy (non-hydrogen) atoms. The van der Waals surface area contributed by atoms with E-state index in [-0.39, 0.29) is 67.5 Å². The van der Waals surface area contributed by atoms with Crippen LogP contribution in [0.25, 0.3) is 0 Å². The van der Waals surface area contributed by atoms with E-state index in [4.69, 9.17) is 4.98 Å². The Balaban J connectivity index is 1.52. The molecule has 0 unspecified atom stereocenters. The number of rotatable bonds is 16. The average molecular weight is 734 g/mol. The summed E-state index contributed by atoms with van der Waals surface area (Å²) in [5, 5.41) is 38.2. The first-order valence-corrected chi connectivity index (χ1v) is 16.8. The van der Waals surface area contributed by atoms with Gasteiger partial charge in [-0.05, 0) is 71.6 Å². The van der Waals surface area contributed by atoms with Crippen molar-refractivity contribution >= 4 is 23.9 Å². The molecule has 0 atom stereocenters. The van der Waals surface area contributed by atoms with Crippen LogP contribution in [0.5, 0.6) is 0 Å². The standard InChI is InChI=1S/C39H39N7O8/c1-39(2,3)24-16-29(22-45(18-25-8-4-12-31(41-25)35(47)48)19-26-9-5-13-32(42-26)36(49)50)40-30(17-24)23-46(20-27-10-6-14-33(43-27)37(51)52)21-28-11-7-15-34(44-28)38(53)54/h4-17H,18-23H2,1-3H3,(H,47,48)(H,49,50)(H,51,52)(H,53,54). The molecule has 0 radical (unpaired) electrons. The number of carboxylic acid groups (broad SMARTS) is 4. The fraction of sp³-hybridized carbons (Fsp3) is 0.256. The summed E-state index contributed by atoms with van der Waals surface area (Å²) in [7, 11) is 0. The molecule has 278 valence electrons. The van der Waals surface area contributed by atoms with Crippen molar-refractivity contribution in [2.24, 2.45) is 0 Å². The number of carboxylic acids is 4. The van der Waals surface area contributed by atoms with Crippen molar-refractivity contribution in [1.82, 2.24) is 34.7 Å². The van der Waals surface area contributed by atoms with Gasteiger partial charge in [-0.15, -0.1) is 0 Å². The van der Waals surface area contributed by atoms with Crippen LogP contribution in [0, 0.1) is 0 Å². The zero-order valence-electron chi connectivity index (χ0n) is 29.9. The van der Waals surface area contributed by atoms with Gasteiger partial charge in [0.25, 0.3) is 0 Å². The zero-order chi connectivity index (χ0) is 39.0. The molecule has 15 heteroatoms. The molecule has 5 heterocycles. The molecule has 0 fully saturated rings. The lowest BCUT2D eigenvalue weighted by atomic mass is 9.86. The van der Waals surface area contributed by atoms with Crippen molar-refractivity contribution in [3.63, 3.8) is 0 Å². The summed E-state index contributed by atoms with van der Waals surface area (Å²) in [6.07, 6.45) is 0. The minimum absolute atomic E-state index is 0.111. The van der Waals surface area contributed by atoms with Gasteiger partial charge in [-0.1, -0.05) is 45.0 Å². The molecule has 0 aromatic carbocycles. The quantitative estimate of drug-likeness (QED) is 0.103. The van der Waals surface area contributed by atoms with E-state index in [1.54, 1.807) is 48.5 Å². The van der Waals surface area contributed by atoms with E-state index in [1.807, 2.05) is 21.9 Å². The molecule has 0 spiro atoms. The normalized spacial score (nSPS) is 11.5. The molecular weight excluding hydrogens is 694 g/mol. The van der Waals surface area contributed by atoms with Crippen molar-refractivity contribution < 1.29 is 39.6 Å². The van der Waals surface area contributed by atoms with Gasteiger partial charge in [0.2, 0.25) is 0 Å². The van der Waals surface area contributed by atoms with E-state index in [0.29, 0.717) is 34.2 Å². The van der Waals surface area contributed by atoms with Gasteiger partial charge in [0, 0.05) is 39.3 Å². The SMILES string of the molecule is CC(C)(C)c1cc(CN(Cc2cccc(C(=O)O)n2)Cc2cccc(C(=O)O)n2)nc(CN(Cc2cccc(C(=O)O)n2)Cc2cccc(C(=O)O)n2)c1. The van der Waals surface area contributed by atoms with Crippen LogP contribution in [0.2, 0.25) is 0 Å². The van der Waals surface area contributed by atoms with Gasteiger partial charge < -0.3 is 20.4 Å². The summed E-state index contributed by atoms with van der Waals surface area (Å²) in [6.45, 7) is 7.48. The molecule has 0 bridgehead atoms. The fourth-order valence-corrected chi connectivity index (χ4v) is 5.70. The minimum Gasteiger partial charge on any atom is -0.477 e. The third-order valence-corrected chi connectivity index (χ3v) is 8.21.